The van der Waals surface area contributed by atoms with Crippen molar-refractivity contribution in [2.75, 3.05) is 0 Å². The van der Waals surface area contributed by atoms with Crippen molar-refractivity contribution in [2.45, 2.75) is 0 Å². The fourth-order valence-electron chi connectivity index (χ4n) is 2.61. The zero-order chi connectivity index (χ0) is 16.5. The lowest BCUT2D eigenvalue weighted by Gasteiger charge is -2.07. The smallest absolute Gasteiger partial charge is 0.404 e. The minimum Gasteiger partial charge on any atom is -0.404 e. The van der Waals surface area contributed by atoms with Crippen LogP contribution in [0.3, 0.4) is 0 Å². The number of benzene rings is 1. The van der Waals surface area contributed by atoms with Gasteiger partial charge in [-0.1, -0.05) is 6.07 Å². The molecule has 1 N–H and O–H groups in total. The summed E-state index contributed by atoms with van der Waals surface area (Å²) in [6.45, 7) is 0. The first kappa shape index (κ1) is 14.1. The third-order valence-corrected chi connectivity index (χ3v) is 3.70. The number of fused-ring (bicyclic) bond motifs is 1. The normalized spacial score (nSPS) is 15.6. The lowest BCUT2D eigenvalue weighted by molar-refractivity contribution is -0.116. The molecule has 24 heavy (non-hydrogen) atoms. The molecule has 0 radical (unpaired) electrons. The molecule has 1 aromatic carbocycles. The second-order valence-corrected chi connectivity index (χ2v) is 5.22. The Kier molecular flexibility index (Phi) is 3.28. The average Bonchev–Trinajstić information content (AvgIpc) is 2.92. The number of alkyl carbamates (subject to hydrolysis) is 1. The van der Waals surface area contributed by atoms with E-state index in [0.717, 1.165) is 27.6 Å². The van der Waals surface area contributed by atoms with Crippen LogP contribution in [0, 0.1) is 0 Å². The Morgan fingerprint density at radius 3 is 2.58 bits per heavy atom. The molecule has 1 aliphatic heterocycles. The van der Waals surface area contributed by atoms with Gasteiger partial charge in [0.2, 0.25) is 0 Å². The SMILES string of the molecule is O=C1NC(=O)/C(=C\c2ccc3nccc(-c4ccncc4)c3c2)O1. The molecule has 0 atom stereocenters. The van der Waals surface area contributed by atoms with Crippen LogP contribution >= 0.6 is 0 Å². The van der Waals surface area contributed by atoms with Gasteiger partial charge in [-0.3, -0.25) is 20.1 Å². The number of carbonyl (C=O) groups excluding carboxylic acids is 2. The Morgan fingerprint density at radius 1 is 1.00 bits per heavy atom. The molecular weight excluding hydrogens is 306 g/mol. The number of aromatic nitrogens is 2. The summed E-state index contributed by atoms with van der Waals surface area (Å²) >= 11 is 0. The van der Waals surface area contributed by atoms with E-state index in [1.54, 1.807) is 18.6 Å². The number of rotatable bonds is 2. The van der Waals surface area contributed by atoms with Gasteiger partial charge in [-0.25, -0.2) is 4.79 Å². The van der Waals surface area contributed by atoms with E-state index in [1.807, 2.05) is 36.4 Å². The summed E-state index contributed by atoms with van der Waals surface area (Å²) in [6, 6.07) is 11.4. The summed E-state index contributed by atoms with van der Waals surface area (Å²) in [5.41, 5.74) is 3.60. The van der Waals surface area contributed by atoms with E-state index in [4.69, 9.17) is 4.74 Å². The van der Waals surface area contributed by atoms with Crippen LogP contribution in [0.2, 0.25) is 0 Å². The standard InChI is InChI=1S/C18H11N3O3/c22-17-16(24-18(23)21-17)10-11-1-2-15-14(9-11)13(5-8-20-15)12-3-6-19-7-4-12/h1-10H,(H,21,22,23)/b16-10+. The van der Waals surface area contributed by atoms with Gasteiger partial charge < -0.3 is 4.74 Å². The highest BCUT2D eigenvalue weighted by atomic mass is 16.6. The number of pyridine rings is 2. The van der Waals surface area contributed by atoms with Crippen LogP contribution in [0.1, 0.15) is 5.56 Å². The fraction of sp³-hybridized carbons (Fsp3) is 0. The Labute approximate surface area is 136 Å². The van der Waals surface area contributed by atoms with Crippen LogP contribution in [-0.4, -0.2) is 22.0 Å². The number of hydrogen-bond donors (Lipinski definition) is 1. The second-order valence-electron chi connectivity index (χ2n) is 5.22. The van der Waals surface area contributed by atoms with E-state index in [0.29, 0.717) is 0 Å². The van der Waals surface area contributed by atoms with Crippen LogP contribution in [0.15, 0.2) is 60.7 Å². The molecular formula is C18H11N3O3. The van der Waals surface area contributed by atoms with Gasteiger partial charge in [0.25, 0.3) is 5.91 Å². The highest BCUT2D eigenvalue weighted by Gasteiger charge is 2.25. The maximum atomic E-state index is 11.6. The summed E-state index contributed by atoms with van der Waals surface area (Å²) in [5.74, 6) is -0.561. The van der Waals surface area contributed by atoms with Crippen LogP contribution < -0.4 is 5.32 Å². The first-order valence-electron chi connectivity index (χ1n) is 7.25. The topological polar surface area (TPSA) is 81.2 Å². The van der Waals surface area contributed by atoms with Crippen molar-refractivity contribution in [1.29, 1.82) is 0 Å². The highest BCUT2D eigenvalue weighted by Crippen LogP contribution is 2.28. The molecule has 0 aliphatic carbocycles. The second kappa shape index (κ2) is 5.58. The summed E-state index contributed by atoms with van der Waals surface area (Å²) in [6.07, 6.45) is 5.99. The summed E-state index contributed by atoms with van der Waals surface area (Å²) in [5, 5.41) is 3.01. The highest BCUT2D eigenvalue weighted by molar-refractivity contribution is 6.10. The average molecular weight is 317 g/mol. The number of imide groups is 1. The Morgan fingerprint density at radius 2 is 1.83 bits per heavy atom. The third-order valence-electron chi connectivity index (χ3n) is 3.70. The van der Waals surface area contributed by atoms with Crippen molar-refractivity contribution in [2.24, 2.45) is 0 Å². The van der Waals surface area contributed by atoms with Crippen LogP contribution in [0.25, 0.3) is 28.1 Å². The molecule has 6 nitrogen and oxygen atoms in total. The zero-order valence-electron chi connectivity index (χ0n) is 12.4. The van der Waals surface area contributed by atoms with Crippen LogP contribution in [0.5, 0.6) is 0 Å². The molecule has 1 aliphatic rings. The monoisotopic (exact) mass is 317 g/mol. The number of cyclic esters (lactones) is 1. The number of amides is 2. The first-order chi connectivity index (χ1) is 11.7. The predicted molar refractivity (Wildman–Crippen MR) is 87.6 cm³/mol. The minimum absolute atomic E-state index is 0.0197. The van der Waals surface area contributed by atoms with Gasteiger partial charge in [0.15, 0.2) is 5.76 Å². The molecule has 116 valence electrons. The van der Waals surface area contributed by atoms with E-state index in [1.165, 1.54) is 6.08 Å². The summed E-state index contributed by atoms with van der Waals surface area (Å²) in [4.78, 5) is 31.1. The van der Waals surface area contributed by atoms with Gasteiger partial charge in [0.05, 0.1) is 5.52 Å². The van der Waals surface area contributed by atoms with Crippen LogP contribution in [0.4, 0.5) is 4.79 Å². The van der Waals surface area contributed by atoms with Gasteiger partial charge in [-0.2, -0.15) is 0 Å². The molecule has 0 unspecified atom stereocenters. The maximum Gasteiger partial charge on any atom is 0.419 e. The van der Waals surface area contributed by atoms with Crippen LogP contribution in [-0.2, 0) is 9.53 Å². The number of ether oxygens (including phenoxy) is 1. The lowest BCUT2D eigenvalue weighted by atomic mass is 10.0. The van der Waals surface area contributed by atoms with Crippen molar-refractivity contribution in [1.82, 2.24) is 15.3 Å². The predicted octanol–water partition coefficient (Wildman–Crippen LogP) is 2.90. The quantitative estimate of drug-likeness (QED) is 0.735. The number of carbonyl (C=O) groups is 2. The van der Waals surface area contributed by atoms with Gasteiger partial charge in [-0.05, 0) is 53.1 Å². The van der Waals surface area contributed by atoms with E-state index >= 15 is 0 Å². The van der Waals surface area contributed by atoms with Gasteiger partial charge in [0.1, 0.15) is 0 Å². The molecule has 3 heterocycles. The Bertz CT molecular complexity index is 997. The number of nitrogens with zero attached hydrogens (tertiary/aromatic N) is 2. The third kappa shape index (κ3) is 2.50. The van der Waals surface area contributed by atoms with E-state index in [9.17, 15) is 9.59 Å². The van der Waals surface area contributed by atoms with Gasteiger partial charge in [0, 0.05) is 24.0 Å². The minimum atomic E-state index is -0.758. The molecule has 3 aromatic rings. The van der Waals surface area contributed by atoms with E-state index in [2.05, 4.69) is 15.3 Å². The molecule has 1 fully saturated rings. The van der Waals surface area contributed by atoms with Crippen molar-refractivity contribution in [3.8, 4) is 11.1 Å². The molecule has 6 heteroatoms. The Hall–Kier alpha value is -3.54. The molecule has 2 aromatic heterocycles. The maximum absolute atomic E-state index is 11.6. The molecule has 0 bridgehead atoms. The number of nitrogens with one attached hydrogen (secondary N) is 1. The van der Waals surface area contributed by atoms with E-state index < -0.39 is 12.0 Å². The van der Waals surface area contributed by atoms with Crippen molar-refractivity contribution in [3.05, 3.63) is 66.3 Å². The molecule has 2 amide bonds. The largest absolute Gasteiger partial charge is 0.419 e. The number of hydrogen-bond acceptors (Lipinski definition) is 5. The van der Waals surface area contributed by atoms with Crippen molar-refractivity contribution in [3.63, 3.8) is 0 Å². The summed E-state index contributed by atoms with van der Waals surface area (Å²) < 4.78 is 4.84. The molecule has 1 saturated heterocycles. The molecule has 0 spiro atoms. The van der Waals surface area contributed by atoms with Crippen molar-refractivity contribution < 1.29 is 14.3 Å². The Balaban J connectivity index is 1.85. The zero-order valence-corrected chi connectivity index (χ0v) is 12.4. The molecule has 4 rings (SSSR count). The fourth-order valence-corrected chi connectivity index (χ4v) is 2.61. The van der Waals surface area contributed by atoms with E-state index in [-0.39, 0.29) is 5.76 Å². The summed E-state index contributed by atoms with van der Waals surface area (Å²) in [7, 11) is 0. The van der Waals surface area contributed by atoms with Crippen molar-refractivity contribution >= 4 is 29.0 Å². The van der Waals surface area contributed by atoms with Gasteiger partial charge >= 0.3 is 6.09 Å². The molecule has 0 saturated carbocycles. The first-order valence-corrected chi connectivity index (χ1v) is 7.25. The lowest BCUT2D eigenvalue weighted by Crippen LogP contribution is -2.18. The van der Waals surface area contributed by atoms with Gasteiger partial charge in [-0.15, -0.1) is 0 Å².